The minimum absolute atomic E-state index is 0.143. The van der Waals surface area contributed by atoms with Gasteiger partial charge in [-0.25, -0.2) is 4.79 Å². The van der Waals surface area contributed by atoms with Crippen LogP contribution in [0.4, 0.5) is 4.79 Å². The van der Waals surface area contributed by atoms with Gasteiger partial charge in [0.05, 0.1) is 6.61 Å². The van der Waals surface area contributed by atoms with Crippen molar-refractivity contribution in [3.05, 3.63) is 23.9 Å². The van der Waals surface area contributed by atoms with E-state index < -0.39 is 0 Å². The monoisotopic (exact) mass is 484 g/mol. The smallest absolute Gasteiger partial charge is 0.409 e. The lowest BCUT2D eigenvalue weighted by Gasteiger charge is -2.52. The molecule has 1 saturated carbocycles. The molecule has 0 aromatic heterocycles. The van der Waals surface area contributed by atoms with E-state index in [1.165, 1.54) is 25.7 Å². The third-order valence-corrected chi connectivity index (χ3v) is 8.84. The van der Waals surface area contributed by atoms with Gasteiger partial charge >= 0.3 is 6.09 Å². The predicted molar refractivity (Wildman–Crippen MR) is 139 cm³/mol. The fourth-order valence-electron chi connectivity index (χ4n) is 6.90. The van der Waals surface area contributed by atoms with Crippen LogP contribution in [0.5, 0.6) is 0 Å². The lowest BCUT2D eigenvalue weighted by atomic mass is 9.64. The molecule has 3 heterocycles. The molecule has 35 heavy (non-hydrogen) atoms. The van der Waals surface area contributed by atoms with Crippen molar-refractivity contribution in [1.29, 1.82) is 0 Å². The average Bonchev–Trinajstić information content (AvgIpc) is 3.52. The van der Waals surface area contributed by atoms with Crippen LogP contribution in [0.15, 0.2) is 28.9 Å². The maximum absolute atomic E-state index is 13.1. The Morgan fingerprint density at radius 2 is 1.89 bits per heavy atom. The zero-order valence-corrected chi connectivity index (χ0v) is 21.8. The van der Waals surface area contributed by atoms with Crippen LogP contribution in [-0.2, 0) is 9.53 Å². The second-order valence-electron chi connectivity index (χ2n) is 10.9. The standard InChI is InChI=1S/C28H44N4O3/c1-4-6-8-23(29-3)10-11-26(33)32-15-7-9-25(32)22-12-16-30(17-13-22)24-19-28(20-24)14-18-31(21-28)27(34)35-5-2/h4,6,8,22,24-25H,3,5,7,9-21H2,1-2H3/b6-4-,23-8-/t24?,25-,28?/m0/s1. The third-order valence-electron chi connectivity index (χ3n) is 8.84. The highest BCUT2D eigenvalue weighted by Crippen LogP contribution is 2.51. The molecule has 1 spiro atoms. The number of rotatable bonds is 8. The Morgan fingerprint density at radius 3 is 2.57 bits per heavy atom. The van der Waals surface area contributed by atoms with Crippen molar-refractivity contribution < 1.29 is 14.3 Å². The number of allylic oxidation sites excluding steroid dienone is 4. The predicted octanol–water partition coefficient (Wildman–Crippen LogP) is 4.64. The van der Waals surface area contributed by atoms with Gasteiger partial charge in [0.15, 0.2) is 0 Å². The Balaban J connectivity index is 1.21. The molecule has 4 aliphatic rings. The summed E-state index contributed by atoms with van der Waals surface area (Å²) in [6.45, 7) is 12.8. The minimum Gasteiger partial charge on any atom is -0.450 e. The van der Waals surface area contributed by atoms with Crippen LogP contribution in [0.2, 0.25) is 0 Å². The Morgan fingerprint density at radius 1 is 1.11 bits per heavy atom. The summed E-state index contributed by atoms with van der Waals surface area (Å²) in [7, 11) is 0. The topological polar surface area (TPSA) is 65.5 Å². The van der Waals surface area contributed by atoms with E-state index in [9.17, 15) is 9.59 Å². The fourth-order valence-corrected chi connectivity index (χ4v) is 6.90. The average molecular weight is 485 g/mol. The maximum Gasteiger partial charge on any atom is 0.409 e. The van der Waals surface area contributed by atoms with E-state index >= 15 is 0 Å². The van der Waals surface area contributed by atoms with Gasteiger partial charge in [-0.15, -0.1) is 0 Å². The summed E-state index contributed by atoms with van der Waals surface area (Å²) >= 11 is 0. The van der Waals surface area contributed by atoms with Gasteiger partial charge in [-0.3, -0.25) is 9.79 Å². The molecule has 194 valence electrons. The molecule has 1 atom stereocenters. The minimum atomic E-state index is -0.143. The van der Waals surface area contributed by atoms with Gasteiger partial charge < -0.3 is 19.4 Å². The Hall–Kier alpha value is -2.15. The second kappa shape index (κ2) is 11.7. The summed E-state index contributed by atoms with van der Waals surface area (Å²) in [6.07, 6.45) is 15.1. The summed E-state index contributed by atoms with van der Waals surface area (Å²) in [5.41, 5.74) is 1.20. The number of aliphatic imine (C=N–C) groups is 1. The van der Waals surface area contributed by atoms with E-state index in [0.29, 0.717) is 42.9 Å². The zero-order chi connectivity index (χ0) is 24.8. The van der Waals surface area contributed by atoms with Gasteiger partial charge in [0.1, 0.15) is 0 Å². The van der Waals surface area contributed by atoms with E-state index in [4.69, 9.17) is 4.74 Å². The summed E-state index contributed by atoms with van der Waals surface area (Å²) in [4.78, 5) is 36.0. The van der Waals surface area contributed by atoms with Gasteiger partial charge in [0.2, 0.25) is 5.91 Å². The van der Waals surface area contributed by atoms with E-state index in [-0.39, 0.29) is 12.0 Å². The second-order valence-corrected chi connectivity index (χ2v) is 10.9. The number of ether oxygens (including phenoxy) is 1. The molecule has 3 saturated heterocycles. The number of carbonyl (C=O) groups is 2. The van der Waals surface area contributed by atoms with Crippen molar-refractivity contribution in [2.24, 2.45) is 16.3 Å². The quantitative estimate of drug-likeness (QED) is 0.372. The van der Waals surface area contributed by atoms with Crippen LogP contribution in [0, 0.1) is 11.3 Å². The number of hydrogen-bond acceptors (Lipinski definition) is 5. The molecule has 2 amide bonds. The molecular formula is C28H44N4O3. The molecule has 0 bridgehead atoms. The largest absolute Gasteiger partial charge is 0.450 e. The molecule has 7 heteroatoms. The molecular weight excluding hydrogens is 440 g/mol. The molecule has 0 aromatic carbocycles. The highest BCUT2D eigenvalue weighted by atomic mass is 16.6. The zero-order valence-electron chi connectivity index (χ0n) is 21.8. The van der Waals surface area contributed by atoms with Crippen molar-refractivity contribution in [2.45, 2.75) is 83.7 Å². The van der Waals surface area contributed by atoms with E-state index in [0.717, 1.165) is 57.7 Å². The molecule has 0 aromatic rings. The van der Waals surface area contributed by atoms with Crippen molar-refractivity contribution in [3.63, 3.8) is 0 Å². The molecule has 0 N–H and O–H groups in total. The number of piperidine rings is 1. The molecule has 7 nitrogen and oxygen atoms in total. The summed E-state index contributed by atoms with van der Waals surface area (Å²) in [5, 5.41) is 0. The number of hydrogen-bond donors (Lipinski definition) is 0. The van der Waals surface area contributed by atoms with Crippen molar-refractivity contribution >= 4 is 18.7 Å². The summed E-state index contributed by atoms with van der Waals surface area (Å²) in [5.74, 6) is 0.895. The van der Waals surface area contributed by atoms with E-state index in [1.807, 2.05) is 37.0 Å². The van der Waals surface area contributed by atoms with Crippen molar-refractivity contribution in [3.8, 4) is 0 Å². The van der Waals surface area contributed by atoms with Crippen LogP contribution >= 0.6 is 0 Å². The summed E-state index contributed by atoms with van der Waals surface area (Å²) < 4.78 is 5.20. The first kappa shape index (κ1) is 25.9. The molecule has 3 aliphatic heterocycles. The Kier molecular flexibility index (Phi) is 8.68. The fraction of sp³-hybridized carbons (Fsp3) is 0.750. The van der Waals surface area contributed by atoms with Crippen LogP contribution < -0.4 is 0 Å². The van der Waals surface area contributed by atoms with Crippen molar-refractivity contribution in [2.75, 3.05) is 39.3 Å². The number of amides is 2. The van der Waals surface area contributed by atoms with E-state index in [1.54, 1.807) is 0 Å². The van der Waals surface area contributed by atoms with Gasteiger partial charge in [-0.05, 0) is 102 Å². The first-order valence-electron chi connectivity index (χ1n) is 13.7. The highest BCUT2D eigenvalue weighted by molar-refractivity contribution is 5.77. The van der Waals surface area contributed by atoms with Crippen molar-refractivity contribution in [1.82, 2.24) is 14.7 Å². The van der Waals surface area contributed by atoms with Gasteiger partial charge in [0.25, 0.3) is 0 Å². The molecule has 0 radical (unpaired) electrons. The Labute approximate surface area is 211 Å². The number of carbonyl (C=O) groups excluding carboxylic acids is 2. The van der Waals surface area contributed by atoms with Gasteiger partial charge in [0, 0.05) is 43.8 Å². The SMILES string of the molecule is C=N/C(=C\C=C/C)CCC(=O)N1CCC[C@H]1C1CCN(C2CC3(CCN(C(=O)OCC)C3)C2)CC1. The molecule has 0 unspecified atom stereocenters. The molecule has 4 fully saturated rings. The Bertz CT molecular complexity index is 824. The lowest BCUT2D eigenvalue weighted by Crippen LogP contribution is -2.55. The number of nitrogens with zero attached hydrogens (tertiary/aromatic N) is 4. The molecule has 4 rings (SSSR count). The van der Waals surface area contributed by atoms with Crippen LogP contribution in [0.25, 0.3) is 0 Å². The van der Waals surface area contributed by atoms with Crippen LogP contribution in [0.1, 0.15) is 71.6 Å². The first-order chi connectivity index (χ1) is 17.0. The maximum atomic E-state index is 13.1. The molecule has 1 aliphatic carbocycles. The van der Waals surface area contributed by atoms with Gasteiger partial charge in [-0.2, -0.15) is 0 Å². The first-order valence-corrected chi connectivity index (χ1v) is 13.7. The van der Waals surface area contributed by atoms with Crippen LogP contribution in [-0.4, -0.2) is 84.8 Å². The third kappa shape index (κ3) is 5.99. The van der Waals surface area contributed by atoms with E-state index in [2.05, 4.69) is 21.5 Å². The normalized spacial score (nSPS) is 30.3. The highest BCUT2D eigenvalue weighted by Gasteiger charge is 2.51. The van der Waals surface area contributed by atoms with Gasteiger partial charge in [-0.1, -0.05) is 12.2 Å². The van der Waals surface area contributed by atoms with Crippen LogP contribution in [0.3, 0.4) is 0 Å². The lowest BCUT2D eigenvalue weighted by molar-refractivity contribution is -0.133. The number of likely N-dealkylation sites (tertiary alicyclic amines) is 3. The summed E-state index contributed by atoms with van der Waals surface area (Å²) in [6, 6.07) is 1.07.